The van der Waals surface area contributed by atoms with Gasteiger partial charge in [-0.3, -0.25) is 14.5 Å². The second-order valence-electron chi connectivity index (χ2n) is 7.22. The molecule has 2 saturated heterocycles. The summed E-state index contributed by atoms with van der Waals surface area (Å²) < 4.78 is 5.99. The number of benzene rings is 1. The van der Waals surface area contributed by atoms with Crippen LogP contribution in [0.25, 0.3) is 11.0 Å². The Kier molecular flexibility index (Phi) is 3.80. The Labute approximate surface area is 145 Å². The molecule has 2 aliphatic rings. The van der Waals surface area contributed by atoms with Gasteiger partial charge in [-0.25, -0.2) is 0 Å². The number of hydrogen-bond donors (Lipinski definition) is 2. The molecule has 2 aliphatic heterocycles. The van der Waals surface area contributed by atoms with Gasteiger partial charge in [-0.1, -0.05) is 18.2 Å². The molecular formula is C19H22N2O4. The number of aliphatic carboxylic acids is 1. The molecule has 2 fully saturated rings. The summed E-state index contributed by atoms with van der Waals surface area (Å²) in [6.45, 7) is 4.29. The number of aryl methyl sites for hydroxylation is 1. The highest BCUT2D eigenvalue weighted by Gasteiger charge is 2.51. The highest BCUT2D eigenvalue weighted by atomic mass is 16.4. The lowest BCUT2D eigenvalue weighted by atomic mass is 9.77. The third-order valence-electron chi connectivity index (χ3n) is 5.80. The normalized spacial score (nSPS) is 23.2. The van der Waals surface area contributed by atoms with Crippen molar-refractivity contribution in [2.75, 3.05) is 13.1 Å². The zero-order valence-corrected chi connectivity index (χ0v) is 14.2. The van der Waals surface area contributed by atoms with E-state index in [2.05, 4.69) is 23.2 Å². The zero-order valence-electron chi connectivity index (χ0n) is 14.2. The fraction of sp³-hybridized carbons (Fsp3) is 0.474. The maximum Gasteiger partial charge on any atom is 0.309 e. The minimum absolute atomic E-state index is 0.0953. The van der Waals surface area contributed by atoms with Gasteiger partial charge >= 0.3 is 5.97 Å². The molecule has 0 bridgehead atoms. The molecule has 0 aliphatic carbocycles. The van der Waals surface area contributed by atoms with Gasteiger partial charge in [-0.05, 0) is 31.4 Å². The number of furan rings is 1. The summed E-state index contributed by atoms with van der Waals surface area (Å²) in [5, 5.41) is 13.5. The van der Waals surface area contributed by atoms with Gasteiger partial charge in [-0.15, -0.1) is 0 Å². The highest BCUT2D eigenvalue weighted by Crippen LogP contribution is 2.37. The molecule has 1 aromatic carbocycles. The van der Waals surface area contributed by atoms with Crippen molar-refractivity contribution in [3.63, 3.8) is 0 Å². The van der Waals surface area contributed by atoms with E-state index in [1.165, 1.54) is 0 Å². The molecule has 1 atom stereocenters. The zero-order chi connectivity index (χ0) is 17.6. The van der Waals surface area contributed by atoms with Gasteiger partial charge in [0.2, 0.25) is 5.91 Å². The molecule has 2 aromatic rings. The lowest BCUT2D eigenvalue weighted by molar-refractivity contribution is -0.144. The van der Waals surface area contributed by atoms with E-state index < -0.39 is 17.4 Å². The number of para-hydroxylation sites is 1. The molecule has 1 aromatic heterocycles. The molecule has 1 spiro atoms. The largest absolute Gasteiger partial charge is 0.481 e. The van der Waals surface area contributed by atoms with E-state index in [9.17, 15) is 14.7 Å². The number of piperidine rings is 1. The minimum Gasteiger partial charge on any atom is -0.481 e. The average molecular weight is 342 g/mol. The monoisotopic (exact) mass is 342 g/mol. The summed E-state index contributed by atoms with van der Waals surface area (Å²) in [5.41, 5.74) is 1.48. The first-order valence-corrected chi connectivity index (χ1v) is 8.72. The van der Waals surface area contributed by atoms with Crippen LogP contribution in [0.2, 0.25) is 0 Å². The van der Waals surface area contributed by atoms with Crippen molar-refractivity contribution >= 4 is 22.8 Å². The van der Waals surface area contributed by atoms with Crippen LogP contribution in [0.1, 0.15) is 30.6 Å². The molecule has 1 amide bonds. The SMILES string of the molecule is Cc1c(CN2CCC3(CC2)NC(=O)CC3C(=O)O)oc2ccccc12. The van der Waals surface area contributed by atoms with Crippen LogP contribution in [0, 0.1) is 12.8 Å². The van der Waals surface area contributed by atoms with Crippen LogP contribution in [-0.4, -0.2) is 40.5 Å². The Bertz CT molecular complexity index is 833. The number of carbonyl (C=O) groups is 2. The number of carboxylic acid groups (broad SMARTS) is 1. The Hall–Kier alpha value is -2.34. The molecule has 2 N–H and O–H groups in total. The summed E-state index contributed by atoms with van der Waals surface area (Å²) >= 11 is 0. The summed E-state index contributed by atoms with van der Waals surface area (Å²) in [7, 11) is 0. The predicted molar refractivity (Wildman–Crippen MR) is 92.1 cm³/mol. The van der Waals surface area contributed by atoms with Crippen LogP contribution < -0.4 is 5.32 Å². The summed E-state index contributed by atoms with van der Waals surface area (Å²) in [4.78, 5) is 25.5. The highest BCUT2D eigenvalue weighted by molar-refractivity contribution is 5.88. The van der Waals surface area contributed by atoms with Gasteiger partial charge in [0.1, 0.15) is 11.3 Å². The van der Waals surface area contributed by atoms with Crippen LogP contribution in [-0.2, 0) is 16.1 Å². The van der Waals surface area contributed by atoms with Crippen LogP contribution in [0.3, 0.4) is 0 Å². The Morgan fingerprint density at radius 3 is 2.76 bits per heavy atom. The molecule has 4 rings (SSSR count). The minimum atomic E-state index is -0.875. The number of likely N-dealkylation sites (tertiary alicyclic amines) is 1. The van der Waals surface area contributed by atoms with E-state index in [0.29, 0.717) is 19.4 Å². The van der Waals surface area contributed by atoms with Gasteiger partial charge in [-0.2, -0.15) is 0 Å². The summed E-state index contributed by atoms with van der Waals surface area (Å²) in [6, 6.07) is 8.01. The molecule has 132 valence electrons. The first-order chi connectivity index (χ1) is 12.0. The topological polar surface area (TPSA) is 82.8 Å². The van der Waals surface area contributed by atoms with Gasteiger partial charge in [0, 0.05) is 24.9 Å². The van der Waals surface area contributed by atoms with Crippen molar-refractivity contribution in [3.05, 3.63) is 35.6 Å². The Morgan fingerprint density at radius 2 is 2.08 bits per heavy atom. The first-order valence-electron chi connectivity index (χ1n) is 8.72. The lowest BCUT2D eigenvalue weighted by Crippen LogP contribution is -2.55. The number of hydrogen-bond acceptors (Lipinski definition) is 4. The molecule has 0 saturated carbocycles. The van der Waals surface area contributed by atoms with E-state index in [0.717, 1.165) is 35.4 Å². The molecule has 6 nitrogen and oxygen atoms in total. The van der Waals surface area contributed by atoms with E-state index in [1.807, 2.05) is 18.2 Å². The second-order valence-corrected chi connectivity index (χ2v) is 7.22. The molecular weight excluding hydrogens is 320 g/mol. The van der Waals surface area contributed by atoms with Gasteiger partial charge in [0.15, 0.2) is 0 Å². The van der Waals surface area contributed by atoms with Gasteiger partial charge < -0.3 is 14.8 Å². The quantitative estimate of drug-likeness (QED) is 0.894. The van der Waals surface area contributed by atoms with Crippen molar-refractivity contribution in [3.8, 4) is 0 Å². The van der Waals surface area contributed by atoms with Gasteiger partial charge in [0.05, 0.1) is 18.0 Å². The molecule has 6 heteroatoms. The number of nitrogens with zero attached hydrogens (tertiary/aromatic N) is 1. The number of fused-ring (bicyclic) bond motifs is 1. The van der Waals surface area contributed by atoms with Crippen molar-refractivity contribution in [1.82, 2.24) is 10.2 Å². The smallest absolute Gasteiger partial charge is 0.309 e. The predicted octanol–water partition coefficient (Wildman–Crippen LogP) is 2.30. The standard InChI is InChI=1S/C19H22N2O4/c1-12-13-4-2-3-5-15(13)25-16(12)11-21-8-6-19(7-9-21)14(18(23)24)10-17(22)20-19/h2-5,14H,6-11H2,1H3,(H,20,22)(H,23,24). The van der Waals surface area contributed by atoms with E-state index in [-0.39, 0.29) is 12.3 Å². The molecule has 1 unspecified atom stereocenters. The summed E-state index contributed by atoms with van der Waals surface area (Å²) in [5.74, 6) is -0.675. The van der Waals surface area contributed by atoms with Crippen LogP contribution in [0.5, 0.6) is 0 Å². The lowest BCUT2D eigenvalue weighted by Gasteiger charge is -2.41. The van der Waals surface area contributed by atoms with E-state index >= 15 is 0 Å². The van der Waals surface area contributed by atoms with Crippen molar-refractivity contribution in [2.24, 2.45) is 5.92 Å². The Balaban J connectivity index is 1.48. The molecule has 3 heterocycles. The maximum absolute atomic E-state index is 11.7. The average Bonchev–Trinajstić information content (AvgIpc) is 3.08. The third-order valence-corrected chi connectivity index (χ3v) is 5.80. The second kappa shape index (κ2) is 5.88. The number of rotatable bonds is 3. The number of carboxylic acids is 1. The third kappa shape index (κ3) is 2.70. The molecule has 0 radical (unpaired) electrons. The number of amides is 1. The van der Waals surface area contributed by atoms with Crippen molar-refractivity contribution in [2.45, 2.75) is 38.3 Å². The first kappa shape index (κ1) is 16.1. The number of carbonyl (C=O) groups excluding carboxylic acids is 1. The fourth-order valence-corrected chi connectivity index (χ4v) is 4.28. The van der Waals surface area contributed by atoms with Crippen molar-refractivity contribution < 1.29 is 19.1 Å². The maximum atomic E-state index is 11.7. The molecule has 25 heavy (non-hydrogen) atoms. The van der Waals surface area contributed by atoms with Crippen LogP contribution >= 0.6 is 0 Å². The van der Waals surface area contributed by atoms with Crippen LogP contribution in [0.15, 0.2) is 28.7 Å². The van der Waals surface area contributed by atoms with Crippen molar-refractivity contribution in [1.29, 1.82) is 0 Å². The van der Waals surface area contributed by atoms with E-state index in [4.69, 9.17) is 4.42 Å². The summed E-state index contributed by atoms with van der Waals surface area (Å²) in [6.07, 6.45) is 1.42. The fourth-order valence-electron chi connectivity index (χ4n) is 4.28. The van der Waals surface area contributed by atoms with Crippen LogP contribution in [0.4, 0.5) is 0 Å². The number of nitrogens with one attached hydrogen (secondary N) is 1. The Morgan fingerprint density at radius 1 is 1.36 bits per heavy atom. The van der Waals surface area contributed by atoms with E-state index in [1.54, 1.807) is 0 Å². The van der Waals surface area contributed by atoms with Gasteiger partial charge in [0.25, 0.3) is 0 Å².